The Kier molecular flexibility index (Phi) is 2.27. The molecule has 0 saturated heterocycles. The Balaban J connectivity index is 2.40. The number of rotatable bonds is 2. The highest BCUT2D eigenvalue weighted by Gasteiger charge is 2.22. The van der Waals surface area contributed by atoms with Gasteiger partial charge in [-0.25, -0.2) is 0 Å². The van der Waals surface area contributed by atoms with E-state index in [9.17, 15) is 0 Å². The second-order valence-corrected chi connectivity index (χ2v) is 8.33. The van der Waals surface area contributed by atoms with Crippen LogP contribution in [0.5, 0.6) is 0 Å². The summed E-state index contributed by atoms with van der Waals surface area (Å²) < 4.78 is 11.1. The van der Waals surface area contributed by atoms with E-state index in [0.29, 0.717) is 6.10 Å². The van der Waals surface area contributed by atoms with Crippen LogP contribution in [-0.2, 0) is 9.16 Å². The van der Waals surface area contributed by atoms with E-state index in [1.165, 1.54) is 0 Å². The maximum atomic E-state index is 5.65. The molecule has 0 bridgehead atoms. The molecule has 1 aliphatic rings. The summed E-state index contributed by atoms with van der Waals surface area (Å²) in [5, 5.41) is 0. The highest BCUT2D eigenvalue weighted by molar-refractivity contribution is 6.69. The molecule has 0 unspecified atom stereocenters. The SMILES string of the molecule is C[C@@H]1CC=C(O[Si](C)(C)C)O1. The molecule has 1 atom stereocenters. The molecule has 64 valence electrons. The van der Waals surface area contributed by atoms with Gasteiger partial charge in [0.1, 0.15) is 6.10 Å². The van der Waals surface area contributed by atoms with Crippen molar-refractivity contribution in [3.63, 3.8) is 0 Å². The summed E-state index contributed by atoms with van der Waals surface area (Å²) in [6.45, 7) is 8.51. The van der Waals surface area contributed by atoms with Gasteiger partial charge in [0.25, 0.3) is 5.95 Å². The zero-order valence-electron chi connectivity index (χ0n) is 7.68. The molecule has 1 aliphatic heterocycles. The lowest BCUT2D eigenvalue weighted by Gasteiger charge is -2.20. The average Bonchev–Trinajstić information content (AvgIpc) is 2.10. The molecule has 0 saturated carbocycles. The lowest BCUT2D eigenvalue weighted by molar-refractivity contribution is 0.0762. The molecule has 0 N–H and O–H groups in total. The van der Waals surface area contributed by atoms with E-state index in [4.69, 9.17) is 9.16 Å². The van der Waals surface area contributed by atoms with Crippen LogP contribution in [0.3, 0.4) is 0 Å². The molecular weight excluding hydrogens is 156 g/mol. The molecule has 0 aliphatic carbocycles. The minimum absolute atomic E-state index is 0.307. The zero-order valence-corrected chi connectivity index (χ0v) is 8.68. The van der Waals surface area contributed by atoms with E-state index in [2.05, 4.69) is 26.6 Å². The monoisotopic (exact) mass is 172 g/mol. The summed E-state index contributed by atoms with van der Waals surface area (Å²) in [5.41, 5.74) is 0. The van der Waals surface area contributed by atoms with Crippen LogP contribution in [-0.4, -0.2) is 14.4 Å². The van der Waals surface area contributed by atoms with Gasteiger partial charge in [0.2, 0.25) is 8.32 Å². The van der Waals surface area contributed by atoms with Crippen molar-refractivity contribution < 1.29 is 9.16 Å². The number of hydrogen-bond donors (Lipinski definition) is 0. The first-order valence-corrected chi connectivity index (χ1v) is 7.44. The predicted molar refractivity (Wildman–Crippen MR) is 47.7 cm³/mol. The molecular formula is C8H16O2Si. The van der Waals surface area contributed by atoms with Crippen LogP contribution in [0.2, 0.25) is 19.6 Å². The fraction of sp³-hybridized carbons (Fsp3) is 0.750. The molecule has 2 nitrogen and oxygen atoms in total. The van der Waals surface area contributed by atoms with E-state index in [-0.39, 0.29) is 0 Å². The highest BCUT2D eigenvalue weighted by atomic mass is 28.4. The molecule has 3 heteroatoms. The summed E-state index contributed by atoms with van der Waals surface area (Å²) >= 11 is 0. The van der Waals surface area contributed by atoms with Crippen LogP contribution in [0.1, 0.15) is 13.3 Å². The Morgan fingerprint density at radius 1 is 1.55 bits per heavy atom. The van der Waals surface area contributed by atoms with Crippen molar-refractivity contribution in [2.75, 3.05) is 0 Å². The molecule has 0 fully saturated rings. The molecule has 0 radical (unpaired) electrons. The Morgan fingerprint density at radius 2 is 2.18 bits per heavy atom. The van der Waals surface area contributed by atoms with Crippen molar-refractivity contribution in [1.82, 2.24) is 0 Å². The minimum atomic E-state index is -1.45. The van der Waals surface area contributed by atoms with E-state index in [1.807, 2.05) is 6.08 Å². The first-order valence-electron chi connectivity index (χ1n) is 4.03. The van der Waals surface area contributed by atoms with Crippen molar-refractivity contribution >= 4 is 8.32 Å². The maximum absolute atomic E-state index is 5.65. The van der Waals surface area contributed by atoms with Gasteiger partial charge in [-0.15, -0.1) is 0 Å². The molecule has 0 aromatic rings. The normalized spacial score (nSPS) is 24.4. The zero-order chi connectivity index (χ0) is 8.48. The van der Waals surface area contributed by atoms with E-state index >= 15 is 0 Å². The third-order valence-electron chi connectivity index (χ3n) is 1.34. The molecule has 0 spiro atoms. The largest absolute Gasteiger partial charge is 0.520 e. The molecule has 11 heavy (non-hydrogen) atoms. The van der Waals surface area contributed by atoms with Crippen molar-refractivity contribution in [2.24, 2.45) is 0 Å². The van der Waals surface area contributed by atoms with Crippen LogP contribution in [0.4, 0.5) is 0 Å². The van der Waals surface area contributed by atoms with Gasteiger partial charge in [-0.3, -0.25) is 0 Å². The van der Waals surface area contributed by atoms with Crippen LogP contribution >= 0.6 is 0 Å². The summed E-state index contributed by atoms with van der Waals surface area (Å²) in [6.07, 6.45) is 3.32. The Labute approximate surface area is 69.3 Å². The lowest BCUT2D eigenvalue weighted by Crippen LogP contribution is -2.25. The van der Waals surface area contributed by atoms with E-state index < -0.39 is 8.32 Å². The number of ether oxygens (including phenoxy) is 1. The van der Waals surface area contributed by atoms with Gasteiger partial charge >= 0.3 is 0 Å². The van der Waals surface area contributed by atoms with Gasteiger partial charge in [-0.2, -0.15) is 0 Å². The summed E-state index contributed by atoms with van der Waals surface area (Å²) in [4.78, 5) is 0. The third kappa shape index (κ3) is 2.97. The molecule has 1 heterocycles. The van der Waals surface area contributed by atoms with Crippen molar-refractivity contribution in [1.29, 1.82) is 0 Å². The average molecular weight is 172 g/mol. The van der Waals surface area contributed by atoms with E-state index in [0.717, 1.165) is 12.4 Å². The second kappa shape index (κ2) is 2.89. The first-order chi connectivity index (χ1) is 4.97. The second-order valence-electron chi connectivity index (χ2n) is 3.90. The Bertz CT molecular complexity index is 169. The lowest BCUT2D eigenvalue weighted by atomic mass is 10.3. The standard InChI is InChI=1S/C8H16O2Si/c1-7-5-6-8(9-7)10-11(2,3)4/h6-7H,5H2,1-4H3/t7-/m1/s1. The highest BCUT2D eigenvalue weighted by Crippen LogP contribution is 2.20. The molecule has 0 aromatic carbocycles. The van der Waals surface area contributed by atoms with Crippen molar-refractivity contribution in [3.8, 4) is 0 Å². The third-order valence-corrected chi connectivity index (χ3v) is 2.15. The predicted octanol–water partition coefficient (Wildman–Crippen LogP) is 2.49. The van der Waals surface area contributed by atoms with Gasteiger partial charge in [-0.1, -0.05) is 0 Å². The molecule has 0 aromatic heterocycles. The van der Waals surface area contributed by atoms with Crippen LogP contribution in [0.15, 0.2) is 12.0 Å². The van der Waals surface area contributed by atoms with Crippen molar-refractivity contribution in [2.45, 2.75) is 39.1 Å². The Hall–Kier alpha value is -0.443. The summed E-state index contributed by atoms with van der Waals surface area (Å²) in [5.74, 6) is 0.747. The van der Waals surface area contributed by atoms with Gasteiger partial charge in [0.05, 0.1) is 0 Å². The Morgan fingerprint density at radius 3 is 2.55 bits per heavy atom. The maximum Gasteiger partial charge on any atom is 0.261 e. The van der Waals surface area contributed by atoms with Gasteiger partial charge in [-0.05, 0) is 32.6 Å². The topological polar surface area (TPSA) is 18.5 Å². The summed E-state index contributed by atoms with van der Waals surface area (Å²) in [6, 6.07) is 0. The first kappa shape index (κ1) is 8.65. The molecule has 1 rings (SSSR count). The summed E-state index contributed by atoms with van der Waals surface area (Å²) in [7, 11) is -1.45. The van der Waals surface area contributed by atoms with Crippen LogP contribution < -0.4 is 0 Å². The fourth-order valence-electron chi connectivity index (χ4n) is 0.924. The fourth-order valence-corrected chi connectivity index (χ4v) is 1.66. The minimum Gasteiger partial charge on any atom is -0.520 e. The van der Waals surface area contributed by atoms with E-state index in [1.54, 1.807) is 0 Å². The van der Waals surface area contributed by atoms with Gasteiger partial charge in [0, 0.05) is 6.42 Å². The van der Waals surface area contributed by atoms with Gasteiger partial charge in [0.15, 0.2) is 0 Å². The molecule has 0 amide bonds. The van der Waals surface area contributed by atoms with Crippen molar-refractivity contribution in [3.05, 3.63) is 12.0 Å². The van der Waals surface area contributed by atoms with Gasteiger partial charge < -0.3 is 9.16 Å². The van der Waals surface area contributed by atoms with Crippen LogP contribution in [0, 0.1) is 0 Å². The van der Waals surface area contributed by atoms with Crippen LogP contribution in [0.25, 0.3) is 0 Å². The smallest absolute Gasteiger partial charge is 0.261 e. The quantitative estimate of drug-likeness (QED) is 0.596. The number of hydrogen-bond acceptors (Lipinski definition) is 2.